The van der Waals surface area contributed by atoms with Crippen LogP contribution in [0.2, 0.25) is 0 Å². The first-order valence-corrected chi connectivity index (χ1v) is 13.8. The van der Waals surface area contributed by atoms with Gasteiger partial charge in [0.15, 0.2) is 5.43 Å². The molecule has 1 aliphatic heterocycles. The van der Waals surface area contributed by atoms with E-state index in [2.05, 4.69) is 21.9 Å². The first-order chi connectivity index (χ1) is 18.0. The van der Waals surface area contributed by atoms with Gasteiger partial charge in [0.25, 0.3) is 0 Å². The smallest absolute Gasteiger partial charge is 0.404 e. The lowest BCUT2D eigenvalue weighted by atomic mass is 9.95. The molecular weight excluding hydrogens is 510 g/mol. The topological polar surface area (TPSA) is 146 Å². The molecule has 10 nitrogen and oxygen atoms in total. The van der Waals surface area contributed by atoms with Crippen LogP contribution >= 0.6 is 0 Å². The lowest BCUT2D eigenvalue weighted by molar-refractivity contribution is -0.142. The van der Waals surface area contributed by atoms with Gasteiger partial charge in [-0.05, 0) is 48.7 Å². The summed E-state index contributed by atoms with van der Waals surface area (Å²) in [7, 11) is -3.40. The number of nitrogens with one attached hydrogen (secondary N) is 2. The van der Waals surface area contributed by atoms with Crippen LogP contribution in [-0.4, -0.2) is 56.3 Å². The third-order valence-electron chi connectivity index (χ3n) is 6.75. The maximum Gasteiger partial charge on any atom is 0.404 e. The van der Waals surface area contributed by atoms with Crippen molar-refractivity contribution >= 4 is 38.7 Å². The van der Waals surface area contributed by atoms with E-state index in [4.69, 9.17) is 9.52 Å². The van der Waals surface area contributed by atoms with Crippen molar-refractivity contribution in [2.75, 3.05) is 30.6 Å². The Bertz CT molecular complexity index is 1660. The number of rotatable bonds is 6. The Morgan fingerprint density at radius 3 is 2.50 bits per heavy atom. The Balaban J connectivity index is 1.25. The van der Waals surface area contributed by atoms with Crippen LogP contribution in [-0.2, 0) is 14.8 Å². The van der Waals surface area contributed by atoms with E-state index in [-0.39, 0.29) is 23.8 Å². The summed E-state index contributed by atoms with van der Waals surface area (Å²) in [6.45, 7) is 1.15. The molecule has 2 fully saturated rings. The fraction of sp³-hybridized carbons (Fsp3) is 0.296. The second kappa shape index (κ2) is 9.54. The average molecular weight is 536 g/mol. The fourth-order valence-electron chi connectivity index (χ4n) is 4.46. The van der Waals surface area contributed by atoms with Crippen molar-refractivity contribution in [2.24, 2.45) is 11.3 Å². The number of amides is 2. The monoisotopic (exact) mass is 535 g/mol. The Morgan fingerprint density at radius 2 is 1.87 bits per heavy atom. The number of likely N-dealkylation sites (tertiary alicyclic amines) is 1. The van der Waals surface area contributed by atoms with Gasteiger partial charge in [-0.3, -0.25) is 14.3 Å². The molecule has 11 heteroatoms. The molecule has 1 saturated carbocycles. The van der Waals surface area contributed by atoms with Crippen LogP contribution < -0.4 is 15.5 Å². The second-order valence-corrected chi connectivity index (χ2v) is 11.5. The van der Waals surface area contributed by atoms with Gasteiger partial charge in [0.1, 0.15) is 11.8 Å². The molecule has 2 heterocycles. The number of carboxylic acid groups (broad SMARTS) is 1. The lowest BCUT2D eigenvalue weighted by Gasteiger charge is -2.38. The van der Waals surface area contributed by atoms with E-state index < -0.39 is 21.5 Å². The number of fused-ring (bicyclic) bond motifs is 1. The standard InChI is InChI=1S/C27H25N3O7S/c1-38(35,36)29-20-7-5-19(6-8-20)22-15-37-23-12-17(4-9-21(23)24(22)31)2-3-18-13-30(14-18)25(32)27(10-11-27)16-28-26(33)34/h4-9,12,15,18,28-29H,10-11,13-14,16H2,1H3,(H,33,34). The highest BCUT2D eigenvalue weighted by Gasteiger charge is 2.53. The van der Waals surface area contributed by atoms with E-state index in [0.717, 1.165) is 6.26 Å². The van der Waals surface area contributed by atoms with Gasteiger partial charge in [-0.15, -0.1) is 0 Å². The van der Waals surface area contributed by atoms with Crippen molar-refractivity contribution in [3.63, 3.8) is 0 Å². The van der Waals surface area contributed by atoms with E-state index in [0.29, 0.717) is 59.3 Å². The number of nitrogens with zero attached hydrogens (tertiary/aromatic N) is 1. The molecule has 5 rings (SSSR count). The van der Waals surface area contributed by atoms with Gasteiger partial charge in [0.05, 0.1) is 28.5 Å². The molecule has 1 aromatic heterocycles. The van der Waals surface area contributed by atoms with Crippen LogP contribution in [0.4, 0.5) is 10.5 Å². The quantitative estimate of drug-likeness (QED) is 0.411. The van der Waals surface area contributed by atoms with Crippen molar-refractivity contribution in [3.8, 4) is 23.0 Å². The summed E-state index contributed by atoms with van der Waals surface area (Å²) >= 11 is 0. The number of carbonyl (C=O) groups excluding carboxylic acids is 1. The first-order valence-electron chi connectivity index (χ1n) is 11.9. The zero-order valence-corrected chi connectivity index (χ0v) is 21.3. The van der Waals surface area contributed by atoms with Gasteiger partial charge in [0, 0.05) is 30.9 Å². The minimum atomic E-state index is -3.40. The van der Waals surface area contributed by atoms with Crippen LogP contribution in [0.1, 0.15) is 18.4 Å². The van der Waals surface area contributed by atoms with E-state index in [1.54, 1.807) is 47.4 Å². The van der Waals surface area contributed by atoms with Gasteiger partial charge >= 0.3 is 6.09 Å². The second-order valence-electron chi connectivity index (χ2n) is 9.76. The molecule has 0 unspecified atom stereocenters. The first kappa shape index (κ1) is 25.4. The molecule has 2 aliphatic rings. The van der Waals surface area contributed by atoms with E-state index in [1.165, 1.54) is 6.26 Å². The third kappa shape index (κ3) is 5.35. The van der Waals surface area contributed by atoms with Crippen LogP contribution in [0.25, 0.3) is 22.1 Å². The van der Waals surface area contributed by atoms with Crippen molar-refractivity contribution in [1.29, 1.82) is 0 Å². The molecule has 1 saturated heterocycles. The Hall–Kier alpha value is -4.30. The van der Waals surface area contributed by atoms with E-state index in [9.17, 15) is 22.8 Å². The summed E-state index contributed by atoms with van der Waals surface area (Å²) in [6, 6.07) is 11.5. The molecule has 3 aromatic rings. The lowest BCUT2D eigenvalue weighted by Crippen LogP contribution is -2.53. The highest BCUT2D eigenvalue weighted by molar-refractivity contribution is 7.92. The zero-order valence-electron chi connectivity index (χ0n) is 20.5. The molecule has 196 valence electrons. The molecule has 1 aliphatic carbocycles. The molecule has 0 atom stereocenters. The van der Waals surface area contributed by atoms with Crippen molar-refractivity contribution in [3.05, 3.63) is 64.5 Å². The fourth-order valence-corrected chi connectivity index (χ4v) is 5.02. The maximum absolute atomic E-state index is 13.1. The molecule has 0 spiro atoms. The Morgan fingerprint density at radius 1 is 1.16 bits per heavy atom. The number of benzene rings is 2. The number of anilines is 1. The van der Waals surface area contributed by atoms with Gasteiger partial charge < -0.3 is 19.7 Å². The molecule has 0 bridgehead atoms. The third-order valence-corrected chi connectivity index (χ3v) is 7.35. The minimum absolute atomic E-state index is 0.0196. The Kier molecular flexibility index (Phi) is 6.36. The predicted octanol–water partition coefficient (Wildman–Crippen LogP) is 2.69. The number of sulfonamides is 1. The predicted molar refractivity (Wildman–Crippen MR) is 141 cm³/mol. The molecule has 2 aromatic carbocycles. The largest absolute Gasteiger partial charge is 0.465 e. The summed E-state index contributed by atoms with van der Waals surface area (Å²) in [5, 5.41) is 11.5. The van der Waals surface area contributed by atoms with Crippen molar-refractivity contribution in [1.82, 2.24) is 10.2 Å². The van der Waals surface area contributed by atoms with Gasteiger partial charge in [-0.2, -0.15) is 0 Å². The summed E-state index contributed by atoms with van der Waals surface area (Å²) in [4.78, 5) is 38.2. The van der Waals surface area contributed by atoms with E-state index >= 15 is 0 Å². The van der Waals surface area contributed by atoms with Crippen LogP contribution in [0.3, 0.4) is 0 Å². The van der Waals surface area contributed by atoms with Gasteiger partial charge in [-0.1, -0.05) is 24.0 Å². The van der Waals surface area contributed by atoms with Gasteiger partial charge in [0.2, 0.25) is 15.9 Å². The molecule has 3 N–H and O–H groups in total. The van der Waals surface area contributed by atoms with E-state index in [1.807, 2.05) is 0 Å². The summed E-state index contributed by atoms with van der Waals surface area (Å²) in [5.74, 6) is 6.25. The molecular formula is C27H25N3O7S. The van der Waals surface area contributed by atoms with Crippen molar-refractivity contribution in [2.45, 2.75) is 12.8 Å². The molecule has 38 heavy (non-hydrogen) atoms. The normalized spacial score (nSPS) is 16.2. The molecule has 2 amide bonds. The molecule has 0 radical (unpaired) electrons. The number of carbonyl (C=O) groups is 2. The highest BCUT2D eigenvalue weighted by atomic mass is 32.2. The van der Waals surface area contributed by atoms with Crippen LogP contribution in [0.15, 0.2) is 57.9 Å². The number of hydrogen-bond acceptors (Lipinski definition) is 6. The summed E-state index contributed by atoms with van der Waals surface area (Å²) in [5.41, 5.74) is 1.61. The SMILES string of the molecule is CS(=O)(=O)Nc1ccc(-c2coc3cc(C#CC4CN(C(=O)C5(CNC(=O)O)CC5)C4)ccc3c2=O)cc1. The summed E-state index contributed by atoms with van der Waals surface area (Å²) in [6.07, 6.45) is 2.69. The number of hydrogen-bond donors (Lipinski definition) is 3. The average Bonchev–Trinajstić information content (AvgIpc) is 3.63. The highest BCUT2D eigenvalue weighted by Crippen LogP contribution is 2.47. The van der Waals surface area contributed by atoms with Crippen LogP contribution in [0, 0.1) is 23.2 Å². The van der Waals surface area contributed by atoms with Crippen LogP contribution in [0.5, 0.6) is 0 Å². The summed E-state index contributed by atoms with van der Waals surface area (Å²) < 4.78 is 30.9. The zero-order chi connectivity index (χ0) is 27.1. The maximum atomic E-state index is 13.1. The van der Waals surface area contributed by atoms with Gasteiger partial charge in [-0.25, -0.2) is 13.2 Å². The Labute approximate surface area is 218 Å². The van der Waals surface area contributed by atoms with Crippen molar-refractivity contribution < 1.29 is 27.5 Å². The minimum Gasteiger partial charge on any atom is -0.465 e.